The number of hydrogen-bond donors (Lipinski definition) is 0. The molecule has 1 saturated heterocycles. The van der Waals surface area contributed by atoms with Crippen molar-refractivity contribution in [3.05, 3.63) is 58.4 Å². The topological polar surface area (TPSA) is 55.6 Å². The Morgan fingerprint density at radius 2 is 1.96 bits per heavy atom. The molecule has 1 aliphatic heterocycles. The number of aromatic nitrogens is 1. The van der Waals surface area contributed by atoms with Gasteiger partial charge in [-0.05, 0) is 37.1 Å². The first-order valence-electron chi connectivity index (χ1n) is 8.81. The summed E-state index contributed by atoms with van der Waals surface area (Å²) in [6.45, 7) is 1.23. The van der Waals surface area contributed by atoms with Gasteiger partial charge in [-0.3, -0.25) is 4.79 Å². The molecular weight excluding hydrogens is 387 g/mol. The molecule has 0 N–H and O–H groups in total. The van der Waals surface area contributed by atoms with E-state index in [0.717, 1.165) is 29.8 Å². The summed E-state index contributed by atoms with van der Waals surface area (Å²) >= 11 is 12.0. The molecule has 0 saturated carbocycles. The number of nitrogens with zero attached hydrogens (tertiary/aromatic N) is 2. The van der Waals surface area contributed by atoms with Crippen LogP contribution in [-0.2, 0) is 4.79 Å². The van der Waals surface area contributed by atoms with Gasteiger partial charge in [0.15, 0.2) is 18.1 Å². The fraction of sp³-hybridized carbons (Fsp3) is 0.300. The molecular formula is C20H18Cl2N2O3. The molecule has 0 radical (unpaired) electrons. The quantitative estimate of drug-likeness (QED) is 0.618. The number of likely N-dealkylation sites (tertiary alicyclic amines) is 1. The molecule has 0 aliphatic carbocycles. The summed E-state index contributed by atoms with van der Waals surface area (Å²) in [5, 5.41) is 0.947. The second-order valence-corrected chi connectivity index (χ2v) is 7.38. The number of amides is 1. The van der Waals surface area contributed by atoms with Crippen LogP contribution in [0.3, 0.4) is 0 Å². The van der Waals surface area contributed by atoms with Crippen LogP contribution in [0.4, 0.5) is 0 Å². The van der Waals surface area contributed by atoms with Crippen molar-refractivity contribution in [1.29, 1.82) is 0 Å². The van der Waals surface area contributed by atoms with Gasteiger partial charge in [0.25, 0.3) is 5.91 Å². The Bertz CT molecular complexity index is 932. The highest BCUT2D eigenvalue weighted by Crippen LogP contribution is 2.30. The number of hydrogen-bond acceptors (Lipinski definition) is 4. The first kappa shape index (κ1) is 18.1. The lowest BCUT2D eigenvalue weighted by atomic mass is 9.97. The Labute approximate surface area is 166 Å². The van der Waals surface area contributed by atoms with Crippen LogP contribution in [0.25, 0.3) is 11.1 Å². The number of rotatable bonds is 4. The molecule has 0 unspecified atom stereocenters. The second kappa shape index (κ2) is 7.79. The van der Waals surface area contributed by atoms with Crippen LogP contribution in [0.2, 0.25) is 10.0 Å². The molecule has 0 spiro atoms. The van der Waals surface area contributed by atoms with Gasteiger partial charge in [0.05, 0.1) is 5.02 Å². The maximum atomic E-state index is 12.4. The predicted molar refractivity (Wildman–Crippen MR) is 105 cm³/mol. The SMILES string of the molecule is O=C(COc1cc(Cl)ccc1Cl)N1CCC(c2nc3ccccc3o2)CC1. The van der Waals surface area contributed by atoms with Crippen LogP contribution < -0.4 is 4.74 Å². The first-order chi connectivity index (χ1) is 13.1. The van der Waals surface area contributed by atoms with Gasteiger partial charge in [-0.2, -0.15) is 0 Å². The van der Waals surface area contributed by atoms with Gasteiger partial charge in [0.1, 0.15) is 11.3 Å². The number of ether oxygens (including phenoxy) is 1. The fourth-order valence-corrected chi connectivity index (χ4v) is 3.59. The Kier molecular flexibility index (Phi) is 5.23. The van der Waals surface area contributed by atoms with Crippen LogP contribution in [0.5, 0.6) is 5.75 Å². The number of halogens is 2. The smallest absolute Gasteiger partial charge is 0.260 e. The molecule has 1 amide bonds. The highest BCUT2D eigenvalue weighted by atomic mass is 35.5. The van der Waals surface area contributed by atoms with Crippen LogP contribution >= 0.6 is 23.2 Å². The molecule has 1 aliphatic rings. The zero-order valence-electron chi connectivity index (χ0n) is 14.5. The molecule has 0 atom stereocenters. The maximum absolute atomic E-state index is 12.4. The normalized spacial score (nSPS) is 15.3. The maximum Gasteiger partial charge on any atom is 0.260 e. The average Bonchev–Trinajstić information content (AvgIpc) is 3.13. The number of para-hydroxylation sites is 2. The summed E-state index contributed by atoms with van der Waals surface area (Å²) in [6, 6.07) is 12.7. The molecule has 140 valence electrons. The van der Waals surface area contributed by atoms with Crippen LogP contribution in [0.15, 0.2) is 46.9 Å². The van der Waals surface area contributed by atoms with Gasteiger partial charge in [-0.25, -0.2) is 4.98 Å². The zero-order valence-corrected chi connectivity index (χ0v) is 16.0. The zero-order chi connectivity index (χ0) is 18.8. The van der Waals surface area contributed by atoms with Crippen molar-refractivity contribution in [2.75, 3.05) is 19.7 Å². The van der Waals surface area contributed by atoms with Crippen LogP contribution in [-0.4, -0.2) is 35.5 Å². The number of carbonyl (C=O) groups excluding carboxylic acids is 1. The van der Waals surface area contributed by atoms with E-state index in [0.29, 0.717) is 28.9 Å². The predicted octanol–water partition coefficient (Wildman–Crippen LogP) is 4.92. The van der Waals surface area contributed by atoms with Gasteiger partial charge in [0, 0.05) is 30.1 Å². The summed E-state index contributed by atoms with van der Waals surface area (Å²) < 4.78 is 11.4. The molecule has 0 bridgehead atoms. The highest BCUT2D eigenvalue weighted by Gasteiger charge is 2.27. The molecule has 2 heterocycles. The van der Waals surface area contributed by atoms with Crippen molar-refractivity contribution < 1.29 is 13.9 Å². The van der Waals surface area contributed by atoms with Crippen LogP contribution in [0, 0.1) is 0 Å². The Hall–Kier alpha value is -2.24. The largest absolute Gasteiger partial charge is 0.482 e. The van der Waals surface area contributed by atoms with E-state index in [1.54, 1.807) is 23.1 Å². The molecule has 7 heteroatoms. The van der Waals surface area contributed by atoms with Crippen molar-refractivity contribution in [3.63, 3.8) is 0 Å². The highest BCUT2D eigenvalue weighted by molar-refractivity contribution is 6.34. The van der Waals surface area contributed by atoms with E-state index in [1.807, 2.05) is 24.3 Å². The minimum Gasteiger partial charge on any atom is -0.482 e. The lowest BCUT2D eigenvalue weighted by Crippen LogP contribution is -2.40. The first-order valence-corrected chi connectivity index (χ1v) is 9.57. The Morgan fingerprint density at radius 3 is 2.74 bits per heavy atom. The number of carbonyl (C=O) groups is 1. The second-order valence-electron chi connectivity index (χ2n) is 6.54. The minimum absolute atomic E-state index is 0.0619. The minimum atomic E-state index is -0.0675. The van der Waals surface area contributed by atoms with Gasteiger partial charge in [-0.15, -0.1) is 0 Å². The summed E-state index contributed by atoms with van der Waals surface area (Å²) in [5.41, 5.74) is 1.68. The third kappa shape index (κ3) is 4.04. The number of oxazole rings is 1. The Balaban J connectivity index is 1.33. The summed E-state index contributed by atoms with van der Waals surface area (Å²) in [5.74, 6) is 1.33. The van der Waals surface area contributed by atoms with Gasteiger partial charge in [0.2, 0.25) is 0 Å². The third-order valence-electron chi connectivity index (χ3n) is 4.75. The molecule has 1 fully saturated rings. The van der Waals surface area contributed by atoms with E-state index in [1.165, 1.54) is 0 Å². The number of fused-ring (bicyclic) bond motifs is 1. The fourth-order valence-electron chi connectivity index (χ4n) is 3.26. The summed E-state index contributed by atoms with van der Waals surface area (Å²) in [7, 11) is 0. The van der Waals surface area contributed by atoms with Crippen molar-refractivity contribution in [2.24, 2.45) is 0 Å². The van der Waals surface area contributed by atoms with Crippen molar-refractivity contribution in [3.8, 4) is 5.75 Å². The van der Waals surface area contributed by atoms with E-state index in [4.69, 9.17) is 32.4 Å². The monoisotopic (exact) mass is 404 g/mol. The van der Waals surface area contributed by atoms with Crippen molar-refractivity contribution in [1.82, 2.24) is 9.88 Å². The summed E-state index contributed by atoms with van der Waals surface area (Å²) in [4.78, 5) is 18.8. The molecule has 3 aromatic rings. The molecule has 27 heavy (non-hydrogen) atoms. The molecule has 4 rings (SSSR count). The molecule has 1 aromatic heterocycles. The van der Waals surface area contributed by atoms with E-state index < -0.39 is 0 Å². The lowest BCUT2D eigenvalue weighted by molar-refractivity contribution is -0.134. The van der Waals surface area contributed by atoms with E-state index in [2.05, 4.69) is 4.98 Å². The van der Waals surface area contributed by atoms with Gasteiger partial charge < -0.3 is 14.1 Å². The summed E-state index contributed by atoms with van der Waals surface area (Å²) in [6.07, 6.45) is 1.63. The van der Waals surface area contributed by atoms with Gasteiger partial charge >= 0.3 is 0 Å². The van der Waals surface area contributed by atoms with Crippen LogP contribution in [0.1, 0.15) is 24.7 Å². The third-order valence-corrected chi connectivity index (χ3v) is 5.30. The van der Waals surface area contributed by atoms with Crippen molar-refractivity contribution >= 4 is 40.2 Å². The van der Waals surface area contributed by atoms with Crippen molar-refractivity contribution in [2.45, 2.75) is 18.8 Å². The lowest BCUT2D eigenvalue weighted by Gasteiger charge is -2.30. The standard InChI is InChI=1S/C20H18Cl2N2O3/c21-14-5-6-15(22)18(11-14)26-12-19(25)24-9-7-13(8-10-24)20-23-16-3-1-2-4-17(16)27-20/h1-6,11,13H,7-10,12H2. The van der Waals surface area contributed by atoms with E-state index in [-0.39, 0.29) is 18.4 Å². The van der Waals surface area contributed by atoms with Gasteiger partial charge in [-0.1, -0.05) is 35.3 Å². The molecule has 5 nitrogen and oxygen atoms in total. The van der Waals surface area contributed by atoms with E-state index >= 15 is 0 Å². The Morgan fingerprint density at radius 1 is 1.19 bits per heavy atom. The average molecular weight is 405 g/mol. The number of benzene rings is 2. The van der Waals surface area contributed by atoms with E-state index in [9.17, 15) is 4.79 Å². The number of piperidine rings is 1. The molecule has 2 aromatic carbocycles.